The fourth-order valence-electron chi connectivity index (χ4n) is 4.51. The van der Waals surface area contributed by atoms with Gasteiger partial charge in [0.25, 0.3) is 5.91 Å². The molecule has 5 rings (SSSR count). The van der Waals surface area contributed by atoms with Crippen LogP contribution in [0, 0.1) is 0 Å². The quantitative estimate of drug-likeness (QED) is 0.473. The molecule has 5 nitrogen and oxygen atoms in total. The molecule has 0 aliphatic carbocycles. The van der Waals surface area contributed by atoms with Gasteiger partial charge >= 0.3 is 0 Å². The number of imidazole rings is 1. The molecule has 4 aromatic rings. The molecule has 0 N–H and O–H groups in total. The molecular weight excluding hydrogens is 396 g/mol. The van der Waals surface area contributed by atoms with Crippen molar-refractivity contribution in [3.8, 4) is 11.4 Å². The Balaban J connectivity index is 1.40. The third kappa shape index (κ3) is 3.92. The molecule has 5 heteroatoms. The van der Waals surface area contributed by atoms with Crippen LogP contribution < -0.4 is 0 Å². The van der Waals surface area contributed by atoms with Crippen LogP contribution in [0.1, 0.15) is 22.3 Å². The summed E-state index contributed by atoms with van der Waals surface area (Å²) in [6.07, 6.45) is 1.03. The van der Waals surface area contributed by atoms with Gasteiger partial charge in [-0.15, -0.1) is 0 Å². The molecule has 0 bridgehead atoms. The number of likely N-dealkylation sites (tertiary alicyclic amines) is 1. The van der Waals surface area contributed by atoms with Crippen LogP contribution in [0.3, 0.4) is 0 Å². The van der Waals surface area contributed by atoms with E-state index < -0.39 is 0 Å². The zero-order valence-corrected chi connectivity index (χ0v) is 18.6. The summed E-state index contributed by atoms with van der Waals surface area (Å²) in [6, 6.07) is 27.0. The van der Waals surface area contributed by atoms with Crippen LogP contribution >= 0.6 is 0 Å². The first-order valence-electron chi connectivity index (χ1n) is 11.2. The van der Waals surface area contributed by atoms with Crippen LogP contribution in [0.4, 0.5) is 0 Å². The molecule has 0 spiro atoms. The van der Waals surface area contributed by atoms with E-state index in [4.69, 9.17) is 4.98 Å². The standard InChI is InChI=1S/C27H28N4O/c1-29(2)23-16-17-30(19-23)27(32)22-14-12-20(13-15-22)18-31-25-11-7-6-10-24(25)28-26(31)21-8-4-3-5-9-21/h3-15,23H,16-19H2,1-2H3/t23-/m1/s1. The lowest BCUT2D eigenvalue weighted by atomic mass is 10.1. The van der Waals surface area contributed by atoms with Crippen molar-refractivity contribution in [2.45, 2.75) is 19.0 Å². The Hall–Kier alpha value is -3.44. The van der Waals surface area contributed by atoms with Crippen LogP contribution in [-0.4, -0.2) is 58.5 Å². The molecule has 2 heterocycles. The normalized spacial score (nSPS) is 16.2. The van der Waals surface area contributed by atoms with E-state index in [0.717, 1.165) is 53.1 Å². The van der Waals surface area contributed by atoms with Crippen LogP contribution in [-0.2, 0) is 6.54 Å². The van der Waals surface area contributed by atoms with E-state index in [1.807, 2.05) is 47.4 Å². The molecule has 3 aromatic carbocycles. The van der Waals surface area contributed by atoms with E-state index in [2.05, 4.69) is 60.0 Å². The van der Waals surface area contributed by atoms with Gasteiger partial charge in [0.2, 0.25) is 0 Å². The maximum absolute atomic E-state index is 12.9. The number of carbonyl (C=O) groups is 1. The van der Waals surface area contributed by atoms with Crippen molar-refractivity contribution in [2.75, 3.05) is 27.2 Å². The molecule has 32 heavy (non-hydrogen) atoms. The Kier molecular flexibility index (Phi) is 5.50. The number of benzene rings is 3. The van der Waals surface area contributed by atoms with Crippen molar-refractivity contribution >= 4 is 16.9 Å². The first kappa shape index (κ1) is 20.5. The second kappa shape index (κ2) is 8.60. The highest BCUT2D eigenvalue weighted by atomic mass is 16.2. The predicted octanol–water partition coefficient (Wildman–Crippen LogP) is 4.53. The lowest BCUT2D eigenvalue weighted by Crippen LogP contribution is -2.34. The Bertz CT molecular complexity index is 1230. The highest BCUT2D eigenvalue weighted by Gasteiger charge is 2.28. The molecule has 1 aromatic heterocycles. The third-order valence-electron chi connectivity index (χ3n) is 6.41. The van der Waals surface area contributed by atoms with Gasteiger partial charge in [-0.2, -0.15) is 0 Å². The minimum Gasteiger partial charge on any atom is -0.337 e. The summed E-state index contributed by atoms with van der Waals surface area (Å²) in [6.45, 7) is 2.32. The van der Waals surface area contributed by atoms with E-state index in [1.54, 1.807) is 0 Å². The fourth-order valence-corrected chi connectivity index (χ4v) is 4.51. The predicted molar refractivity (Wildman–Crippen MR) is 129 cm³/mol. The summed E-state index contributed by atoms with van der Waals surface area (Å²) in [7, 11) is 4.16. The van der Waals surface area contributed by atoms with Crippen molar-refractivity contribution in [3.05, 3.63) is 90.0 Å². The Labute approximate surface area is 188 Å². The minimum atomic E-state index is 0.124. The summed E-state index contributed by atoms with van der Waals surface area (Å²) < 4.78 is 2.25. The first-order valence-corrected chi connectivity index (χ1v) is 11.2. The molecular formula is C27H28N4O. The monoisotopic (exact) mass is 424 g/mol. The van der Waals surface area contributed by atoms with Gasteiger partial charge in [0.15, 0.2) is 0 Å². The number of aromatic nitrogens is 2. The maximum Gasteiger partial charge on any atom is 0.253 e. The molecule has 1 aliphatic heterocycles. The summed E-state index contributed by atoms with van der Waals surface area (Å²) >= 11 is 0. The van der Waals surface area contributed by atoms with Gasteiger partial charge in [-0.1, -0.05) is 54.6 Å². The van der Waals surface area contributed by atoms with Gasteiger partial charge in [-0.25, -0.2) is 4.98 Å². The number of para-hydroxylation sites is 2. The van der Waals surface area contributed by atoms with Crippen molar-refractivity contribution in [1.82, 2.24) is 19.4 Å². The zero-order chi connectivity index (χ0) is 22.1. The van der Waals surface area contributed by atoms with Crippen LogP contribution in [0.15, 0.2) is 78.9 Å². The molecule has 0 radical (unpaired) electrons. The van der Waals surface area contributed by atoms with Gasteiger partial charge < -0.3 is 14.4 Å². The Morgan fingerprint density at radius 2 is 1.69 bits per heavy atom. The van der Waals surface area contributed by atoms with E-state index in [-0.39, 0.29) is 5.91 Å². The molecule has 1 atom stereocenters. The second-order valence-corrected chi connectivity index (χ2v) is 8.73. The molecule has 1 saturated heterocycles. The van der Waals surface area contributed by atoms with E-state index in [0.29, 0.717) is 12.6 Å². The highest BCUT2D eigenvalue weighted by molar-refractivity contribution is 5.94. The van der Waals surface area contributed by atoms with Crippen molar-refractivity contribution in [1.29, 1.82) is 0 Å². The number of hydrogen-bond acceptors (Lipinski definition) is 3. The van der Waals surface area contributed by atoms with Crippen molar-refractivity contribution < 1.29 is 4.79 Å². The maximum atomic E-state index is 12.9. The molecule has 162 valence electrons. The SMILES string of the molecule is CN(C)[C@@H]1CCN(C(=O)c2ccc(Cn3c(-c4ccccc4)nc4ccccc43)cc2)C1. The van der Waals surface area contributed by atoms with Crippen molar-refractivity contribution in [2.24, 2.45) is 0 Å². The average molecular weight is 425 g/mol. The first-order chi connectivity index (χ1) is 15.6. The van der Waals surface area contributed by atoms with E-state index in [9.17, 15) is 4.79 Å². The summed E-state index contributed by atoms with van der Waals surface area (Å²) in [4.78, 5) is 22.0. The minimum absolute atomic E-state index is 0.124. The lowest BCUT2D eigenvalue weighted by molar-refractivity contribution is 0.0783. The molecule has 1 amide bonds. The summed E-state index contributed by atoms with van der Waals surface area (Å²) in [5, 5.41) is 0. The number of amides is 1. The number of fused-ring (bicyclic) bond motifs is 1. The number of likely N-dealkylation sites (N-methyl/N-ethyl adjacent to an activating group) is 1. The van der Waals surface area contributed by atoms with Crippen molar-refractivity contribution in [3.63, 3.8) is 0 Å². The van der Waals surface area contributed by atoms with Gasteiger partial charge in [0.05, 0.1) is 11.0 Å². The third-order valence-corrected chi connectivity index (χ3v) is 6.41. The van der Waals surface area contributed by atoms with Gasteiger partial charge in [0.1, 0.15) is 5.82 Å². The summed E-state index contributed by atoms with van der Waals surface area (Å²) in [5.74, 6) is 1.08. The topological polar surface area (TPSA) is 41.4 Å². The van der Waals surface area contributed by atoms with Gasteiger partial charge in [-0.3, -0.25) is 4.79 Å². The molecule has 0 unspecified atom stereocenters. The Morgan fingerprint density at radius 3 is 2.41 bits per heavy atom. The number of carbonyl (C=O) groups excluding carboxylic acids is 1. The average Bonchev–Trinajstić information content (AvgIpc) is 3.46. The fraction of sp³-hybridized carbons (Fsp3) is 0.259. The largest absolute Gasteiger partial charge is 0.337 e. The molecule has 1 fully saturated rings. The van der Waals surface area contributed by atoms with E-state index in [1.165, 1.54) is 0 Å². The number of nitrogens with zero attached hydrogens (tertiary/aromatic N) is 4. The number of rotatable bonds is 5. The van der Waals surface area contributed by atoms with Crippen LogP contribution in [0.2, 0.25) is 0 Å². The van der Waals surface area contributed by atoms with Crippen LogP contribution in [0.25, 0.3) is 22.4 Å². The van der Waals surface area contributed by atoms with E-state index >= 15 is 0 Å². The smallest absolute Gasteiger partial charge is 0.253 e. The van der Waals surface area contributed by atoms with Gasteiger partial charge in [-0.05, 0) is 50.3 Å². The van der Waals surface area contributed by atoms with Gasteiger partial charge in [0, 0.05) is 36.8 Å². The number of hydrogen-bond donors (Lipinski definition) is 0. The lowest BCUT2D eigenvalue weighted by Gasteiger charge is -2.20. The van der Waals surface area contributed by atoms with Crippen LogP contribution in [0.5, 0.6) is 0 Å². The molecule has 0 saturated carbocycles. The summed E-state index contributed by atoms with van der Waals surface area (Å²) in [5.41, 5.74) is 5.10. The molecule has 1 aliphatic rings. The highest BCUT2D eigenvalue weighted by Crippen LogP contribution is 2.26. The Morgan fingerprint density at radius 1 is 0.969 bits per heavy atom. The second-order valence-electron chi connectivity index (χ2n) is 8.73. The zero-order valence-electron chi connectivity index (χ0n) is 18.6.